The normalized spacial score (nSPS) is 20.5. The summed E-state index contributed by atoms with van der Waals surface area (Å²) in [4.78, 5) is 27.7. The minimum Gasteiger partial charge on any atom is -0.475 e. The lowest BCUT2D eigenvalue weighted by atomic mass is 9.91. The number of carboxylic acid groups (broad SMARTS) is 2. The summed E-state index contributed by atoms with van der Waals surface area (Å²) in [5.41, 5.74) is 2.39. The molecule has 1 aliphatic carbocycles. The summed E-state index contributed by atoms with van der Waals surface area (Å²) in [5.74, 6) is -4.31. The second kappa shape index (κ2) is 15.4. The molecule has 2 aromatic rings. The van der Waals surface area contributed by atoms with Gasteiger partial charge in [0, 0.05) is 45.2 Å². The molecular weight excluding hydrogens is 562 g/mol. The average molecular weight is 599 g/mol. The molecule has 1 aromatic carbocycles. The summed E-state index contributed by atoms with van der Waals surface area (Å²) in [7, 11) is 0. The fourth-order valence-electron chi connectivity index (χ4n) is 4.93. The van der Waals surface area contributed by atoms with Crippen molar-refractivity contribution < 1.29 is 51.3 Å². The van der Waals surface area contributed by atoms with E-state index in [0.29, 0.717) is 6.04 Å². The van der Waals surface area contributed by atoms with Gasteiger partial charge in [0.2, 0.25) is 0 Å². The Balaban J connectivity index is 0.000000349. The smallest absolute Gasteiger partial charge is 0.475 e. The van der Waals surface area contributed by atoms with Crippen molar-refractivity contribution in [1.29, 1.82) is 0 Å². The maximum Gasteiger partial charge on any atom is 0.490 e. The highest BCUT2D eigenvalue weighted by molar-refractivity contribution is 5.76. The van der Waals surface area contributed by atoms with Crippen LogP contribution in [0.1, 0.15) is 44.9 Å². The molecule has 15 heteroatoms. The Bertz CT molecular complexity index is 1090. The number of aryl methyl sites for hydroxylation is 2. The number of nitrogens with zero attached hydrogens (tertiary/aromatic N) is 4. The van der Waals surface area contributed by atoms with E-state index in [1.165, 1.54) is 37.0 Å². The van der Waals surface area contributed by atoms with E-state index < -0.39 is 24.3 Å². The molecule has 1 saturated heterocycles. The molecule has 2 aliphatic rings. The second-order valence-corrected chi connectivity index (χ2v) is 9.78. The van der Waals surface area contributed by atoms with E-state index in [0.717, 1.165) is 57.6 Å². The lowest BCUT2D eigenvalue weighted by Crippen LogP contribution is -2.54. The van der Waals surface area contributed by atoms with Gasteiger partial charge in [0.1, 0.15) is 5.82 Å². The van der Waals surface area contributed by atoms with Crippen LogP contribution in [-0.4, -0.2) is 104 Å². The number of para-hydroxylation sites is 2. The molecule has 1 aromatic heterocycles. The Labute approximate surface area is 233 Å². The van der Waals surface area contributed by atoms with Crippen molar-refractivity contribution in [3.8, 4) is 0 Å². The number of imidazole rings is 1. The molecule has 0 unspecified atom stereocenters. The van der Waals surface area contributed by atoms with Gasteiger partial charge < -0.3 is 24.8 Å². The van der Waals surface area contributed by atoms with Crippen LogP contribution in [0.4, 0.5) is 26.3 Å². The zero-order valence-electron chi connectivity index (χ0n) is 22.7. The van der Waals surface area contributed by atoms with E-state index in [1.54, 1.807) is 0 Å². The van der Waals surface area contributed by atoms with Crippen LogP contribution in [0.3, 0.4) is 0 Å². The molecule has 4 rings (SSSR count). The van der Waals surface area contributed by atoms with Gasteiger partial charge in [0.05, 0.1) is 17.1 Å². The number of carboxylic acids is 2. The zero-order valence-corrected chi connectivity index (χ0v) is 22.7. The summed E-state index contributed by atoms with van der Waals surface area (Å²) in [6.07, 6.45) is -3.48. The molecule has 0 bridgehead atoms. The van der Waals surface area contributed by atoms with Gasteiger partial charge in [-0.15, -0.1) is 0 Å². The maximum atomic E-state index is 10.6. The van der Waals surface area contributed by atoms with Gasteiger partial charge in [0.25, 0.3) is 0 Å². The fourth-order valence-corrected chi connectivity index (χ4v) is 4.93. The van der Waals surface area contributed by atoms with E-state index in [1.807, 2.05) is 0 Å². The number of piperazine rings is 1. The summed E-state index contributed by atoms with van der Waals surface area (Å²) in [5, 5.41) is 24.6. The van der Waals surface area contributed by atoms with Gasteiger partial charge in [-0.25, -0.2) is 14.6 Å². The summed E-state index contributed by atoms with van der Waals surface area (Å²) >= 11 is 0. The number of fused-ring (bicyclic) bond motifs is 1. The number of aromatic nitrogens is 2. The van der Waals surface area contributed by atoms with Crippen molar-refractivity contribution in [2.75, 3.05) is 32.7 Å². The largest absolute Gasteiger partial charge is 0.490 e. The average Bonchev–Trinajstić information content (AvgIpc) is 3.27. The van der Waals surface area contributed by atoms with Crippen LogP contribution in [0.5, 0.6) is 0 Å². The number of carbonyl (C=O) groups is 2. The van der Waals surface area contributed by atoms with Crippen LogP contribution < -0.4 is 0 Å². The van der Waals surface area contributed by atoms with E-state index in [4.69, 9.17) is 24.8 Å². The Morgan fingerprint density at radius 1 is 0.902 bits per heavy atom. The highest BCUT2D eigenvalue weighted by Crippen LogP contribution is 2.24. The van der Waals surface area contributed by atoms with Crippen molar-refractivity contribution in [2.24, 2.45) is 0 Å². The maximum absolute atomic E-state index is 10.6. The van der Waals surface area contributed by atoms with Gasteiger partial charge in [-0.2, -0.15) is 26.3 Å². The molecule has 2 fully saturated rings. The van der Waals surface area contributed by atoms with E-state index in [9.17, 15) is 31.4 Å². The third-order valence-corrected chi connectivity index (χ3v) is 6.96. The predicted molar refractivity (Wildman–Crippen MR) is 137 cm³/mol. The summed E-state index contributed by atoms with van der Waals surface area (Å²) in [6.45, 7) is 8.87. The molecule has 9 nitrogen and oxygen atoms in total. The third-order valence-electron chi connectivity index (χ3n) is 6.96. The molecule has 2 atom stereocenters. The Morgan fingerprint density at radius 2 is 1.44 bits per heavy atom. The van der Waals surface area contributed by atoms with Crippen molar-refractivity contribution in [1.82, 2.24) is 19.4 Å². The zero-order chi connectivity index (χ0) is 30.8. The van der Waals surface area contributed by atoms with Crippen molar-refractivity contribution in [2.45, 2.75) is 76.5 Å². The first-order valence-electron chi connectivity index (χ1n) is 13.3. The standard InChI is InChI=1S/C22H34N4O.2C2HF3O2/c1-2-22-23-18-8-3-4-9-19(18)26(22)13-7-12-24-14-16-25(17-15-24)20-10-5-6-11-21(20)27;2*3-2(4,5)1(6)7/h3-4,8-9,20-21,27H,2,5-7,10-17H2,1H3;2*(H,6,7)/t20-,21-;;/m0../s1. The highest BCUT2D eigenvalue weighted by Gasteiger charge is 2.39. The lowest BCUT2D eigenvalue weighted by molar-refractivity contribution is -0.193. The van der Waals surface area contributed by atoms with Gasteiger partial charge in [-0.3, -0.25) is 4.90 Å². The second-order valence-electron chi connectivity index (χ2n) is 9.78. The van der Waals surface area contributed by atoms with Crippen LogP contribution in [0.25, 0.3) is 11.0 Å². The SMILES string of the molecule is CCc1nc2ccccc2n1CCCN1CCN([C@H]2CCCC[C@@H]2O)CC1.O=C(O)C(F)(F)F.O=C(O)C(F)(F)F. The number of rotatable bonds is 6. The number of aliphatic carboxylic acids is 2. The first kappa shape index (κ1) is 34.3. The molecule has 41 heavy (non-hydrogen) atoms. The van der Waals surface area contributed by atoms with E-state index >= 15 is 0 Å². The first-order valence-corrected chi connectivity index (χ1v) is 13.3. The first-order chi connectivity index (χ1) is 19.1. The molecule has 0 amide bonds. The third kappa shape index (κ3) is 10.8. The molecule has 0 radical (unpaired) electrons. The number of hydrogen-bond acceptors (Lipinski definition) is 6. The Morgan fingerprint density at radius 3 is 1.95 bits per heavy atom. The Hall–Kier alpha value is -2.91. The van der Waals surface area contributed by atoms with Gasteiger partial charge in [-0.05, 0) is 37.9 Å². The molecule has 0 spiro atoms. The summed E-state index contributed by atoms with van der Waals surface area (Å²) < 4.78 is 65.9. The van der Waals surface area contributed by atoms with Crippen molar-refractivity contribution in [3.63, 3.8) is 0 Å². The Kier molecular flexibility index (Phi) is 12.8. The van der Waals surface area contributed by atoms with Crippen LogP contribution in [0, 0.1) is 0 Å². The number of aliphatic hydroxyl groups excluding tert-OH is 1. The monoisotopic (exact) mass is 598 g/mol. The number of halogens is 6. The quantitative estimate of drug-likeness (QED) is 0.424. The van der Waals surface area contributed by atoms with Crippen LogP contribution in [0.15, 0.2) is 24.3 Å². The summed E-state index contributed by atoms with van der Waals surface area (Å²) in [6, 6.07) is 8.89. The fraction of sp³-hybridized carbons (Fsp3) is 0.654. The van der Waals surface area contributed by atoms with Crippen molar-refractivity contribution >= 4 is 23.0 Å². The van der Waals surface area contributed by atoms with E-state index in [2.05, 4.69) is 45.6 Å². The van der Waals surface area contributed by atoms with Gasteiger partial charge in [0.15, 0.2) is 0 Å². The number of alkyl halides is 6. The van der Waals surface area contributed by atoms with Gasteiger partial charge >= 0.3 is 24.3 Å². The van der Waals surface area contributed by atoms with Crippen LogP contribution in [0.2, 0.25) is 0 Å². The number of aliphatic hydroxyl groups is 1. The topological polar surface area (TPSA) is 119 Å². The minimum absolute atomic E-state index is 0.104. The molecule has 3 N–H and O–H groups in total. The predicted octanol–water partition coefficient (Wildman–Crippen LogP) is 4.18. The minimum atomic E-state index is -5.08. The van der Waals surface area contributed by atoms with Gasteiger partial charge in [-0.1, -0.05) is 31.9 Å². The molecule has 1 saturated carbocycles. The lowest BCUT2D eigenvalue weighted by Gasteiger charge is -2.42. The van der Waals surface area contributed by atoms with Crippen molar-refractivity contribution in [3.05, 3.63) is 30.1 Å². The number of hydrogen-bond donors (Lipinski definition) is 3. The van der Waals surface area contributed by atoms with Crippen LogP contribution >= 0.6 is 0 Å². The van der Waals surface area contributed by atoms with Crippen LogP contribution in [-0.2, 0) is 22.6 Å². The molecule has 1 aliphatic heterocycles. The molecular formula is C26H36F6N4O5. The van der Waals surface area contributed by atoms with E-state index in [-0.39, 0.29) is 6.10 Å². The highest BCUT2D eigenvalue weighted by atomic mass is 19.4. The molecule has 232 valence electrons. The number of benzene rings is 1. The molecule has 2 heterocycles.